The highest BCUT2D eigenvalue weighted by atomic mass is 19.2. The minimum absolute atomic E-state index is 0.530. The van der Waals surface area contributed by atoms with E-state index in [1.807, 2.05) is 91.0 Å². The second kappa shape index (κ2) is 14.8. The molecule has 0 amide bonds. The molecule has 0 unspecified atom stereocenters. The van der Waals surface area contributed by atoms with Crippen LogP contribution in [0.4, 0.5) is 43.4 Å². The largest absolute Gasteiger partial charge is 0.311 e. The zero-order chi connectivity index (χ0) is 34.3. The number of hydrogen-bond acceptors (Lipinski definition) is 1. The van der Waals surface area contributed by atoms with Crippen LogP contribution < -0.4 is 4.90 Å². The van der Waals surface area contributed by atoms with E-state index in [9.17, 15) is 26.3 Å². The first kappa shape index (κ1) is 32.8. The predicted octanol–water partition coefficient (Wildman–Crippen LogP) is 12.5. The number of benzene rings is 6. The molecule has 0 spiro atoms. The number of anilines is 3. The van der Waals surface area contributed by atoms with E-state index < -0.39 is 34.9 Å². The smallest absolute Gasteiger partial charge is 0.159 e. The van der Waals surface area contributed by atoms with Crippen molar-refractivity contribution in [3.8, 4) is 0 Å². The van der Waals surface area contributed by atoms with Crippen LogP contribution in [0.3, 0.4) is 0 Å². The fourth-order valence-corrected chi connectivity index (χ4v) is 5.08. The summed E-state index contributed by atoms with van der Waals surface area (Å²) in [6.45, 7) is 0. The zero-order valence-corrected chi connectivity index (χ0v) is 25.8. The Kier molecular flexibility index (Phi) is 9.91. The summed E-state index contributed by atoms with van der Waals surface area (Å²) in [5.74, 6) is -5.44. The van der Waals surface area contributed by atoms with Crippen molar-refractivity contribution < 1.29 is 26.3 Å². The summed E-state index contributed by atoms with van der Waals surface area (Å²) in [5, 5.41) is 0. The molecule has 0 aliphatic carbocycles. The van der Waals surface area contributed by atoms with Gasteiger partial charge in [0.25, 0.3) is 0 Å². The molecule has 6 aromatic carbocycles. The summed E-state index contributed by atoms with van der Waals surface area (Å²) >= 11 is 0. The van der Waals surface area contributed by atoms with E-state index in [4.69, 9.17) is 0 Å². The van der Waals surface area contributed by atoms with Gasteiger partial charge >= 0.3 is 0 Å². The second-order valence-electron chi connectivity index (χ2n) is 11.1. The molecule has 0 bridgehead atoms. The highest BCUT2D eigenvalue weighted by molar-refractivity contribution is 5.80. The third kappa shape index (κ3) is 8.26. The maximum Gasteiger partial charge on any atom is 0.159 e. The van der Waals surface area contributed by atoms with E-state index in [1.54, 1.807) is 18.2 Å². The average Bonchev–Trinajstić information content (AvgIpc) is 3.11. The molecule has 0 saturated heterocycles. The molecule has 49 heavy (non-hydrogen) atoms. The standard InChI is InChI=1S/C42H27F6N/c43-37-22-13-31(25-40(37)46)4-1-28-7-16-34(17-8-28)49(35-18-9-29(10-19-35)2-5-32-14-23-38(44)41(47)26-32)36-20-11-30(12-21-36)3-6-33-15-24-39(45)42(48)27-33/h1-27H. The Morgan fingerprint density at radius 3 is 0.735 bits per heavy atom. The molecule has 242 valence electrons. The van der Waals surface area contributed by atoms with Gasteiger partial charge in [-0.1, -0.05) is 91.1 Å². The molecule has 0 aliphatic rings. The predicted molar refractivity (Wildman–Crippen MR) is 187 cm³/mol. The average molecular weight is 660 g/mol. The number of hydrogen-bond donors (Lipinski definition) is 0. The van der Waals surface area contributed by atoms with Crippen LogP contribution in [-0.2, 0) is 0 Å². The number of nitrogens with zero attached hydrogens (tertiary/aromatic N) is 1. The first-order valence-corrected chi connectivity index (χ1v) is 15.2. The molecule has 0 aromatic heterocycles. The van der Waals surface area contributed by atoms with Crippen LogP contribution >= 0.6 is 0 Å². The summed E-state index contributed by atoms with van der Waals surface area (Å²) in [6, 6.07) is 34.3. The molecule has 1 nitrogen and oxygen atoms in total. The molecule has 0 aliphatic heterocycles. The molecular weight excluding hydrogens is 632 g/mol. The van der Waals surface area contributed by atoms with E-state index in [0.29, 0.717) is 16.7 Å². The van der Waals surface area contributed by atoms with Gasteiger partial charge in [0.05, 0.1) is 0 Å². The lowest BCUT2D eigenvalue weighted by molar-refractivity contribution is 0.508. The topological polar surface area (TPSA) is 3.24 Å². The SMILES string of the molecule is Fc1ccc(C=Cc2ccc(N(c3ccc(C=Cc4ccc(F)c(F)c4)cc3)c3ccc(C=Cc4ccc(F)c(F)c4)cc3)cc2)cc1F. The fourth-order valence-electron chi connectivity index (χ4n) is 5.08. The van der Waals surface area contributed by atoms with E-state index in [0.717, 1.165) is 70.2 Å². The highest BCUT2D eigenvalue weighted by Crippen LogP contribution is 2.35. The Labute approximate surface area is 280 Å². The van der Waals surface area contributed by atoms with Gasteiger partial charge in [0.2, 0.25) is 0 Å². The van der Waals surface area contributed by atoms with Crippen molar-refractivity contribution in [2.45, 2.75) is 0 Å². The zero-order valence-electron chi connectivity index (χ0n) is 25.8. The highest BCUT2D eigenvalue weighted by Gasteiger charge is 2.13. The van der Waals surface area contributed by atoms with Crippen LogP contribution in [0, 0.1) is 34.9 Å². The lowest BCUT2D eigenvalue weighted by Gasteiger charge is -2.26. The summed E-state index contributed by atoms with van der Waals surface area (Å²) in [4.78, 5) is 2.05. The van der Waals surface area contributed by atoms with Crippen molar-refractivity contribution in [3.63, 3.8) is 0 Å². The van der Waals surface area contributed by atoms with Crippen LogP contribution in [0.1, 0.15) is 33.4 Å². The van der Waals surface area contributed by atoms with E-state index in [1.165, 1.54) is 18.2 Å². The Morgan fingerprint density at radius 1 is 0.265 bits per heavy atom. The molecule has 0 heterocycles. The van der Waals surface area contributed by atoms with Gasteiger partial charge < -0.3 is 4.90 Å². The van der Waals surface area contributed by atoms with Gasteiger partial charge in [0.1, 0.15) is 0 Å². The number of halogens is 6. The van der Waals surface area contributed by atoms with Crippen molar-refractivity contribution in [2.75, 3.05) is 4.90 Å². The lowest BCUT2D eigenvalue weighted by Crippen LogP contribution is -2.09. The second-order valence-corrected chi connectivity index (χ2v) is 11.1. The molecule has 6 aromatic rings. The van der Waals surface area contributed by atoms with Crippen molar-refractivity contribution in [1.82, 2.24) is 0 Å². The Hall–Kier alpha value is -6.08. The first-order valence-electron chi connectivity index (χ1n) is 15.2. The normalized spacial score (nSPS) is 11.6. The monoisotopic (exact) mass is 659 g/mol. The Balaban J connectivity index is 1.27. The fraction of sp³-hybridized carbons (Fsp3) is 0. The Morgan fingerprint density at radius 2 is 0.490 bits per heavy atom. The summed E-state index contributed by atoms with van der Waals surface area (Å²) in [7, 11) is 0. The van der Waals surface area contributed by atoms with Gasteiger partial charge in [-0.25, -0.2) is 26.3 Å². The summed E-state index contributed by atoms with van der Waals surface area (Å²) in [6.07, 6.45) is 10.5. The van der Waals surface area contributed by atoms with E-state index >= 15 is 0 Å². The van der Waals surface area contributed by atoms with Gasteiger partial charge in [-0.15, -0.1) is 0 Å². The van der Waals surface area contributed by atoms with Crippen molar-refractivity contribution >= 4 is 53.5 Å². The van der Waals surface area contributed by atoms with Crippen LogP contribution in [0.15, 0.2) is 127 Å². The van der Waals surface area contributed by atoms with Crippen LogP contribution in [-0.4, -0.2) is 0 Å². The number of rotatable bonds is 9. The molecular formula is C42H27F6N. The molecule has 6 rings (SSSR count). The van der Waals surface area contributed by atoms with Gasteiger partial charge in [-0.2, -0.15) is 0 Å². The van der Waals surface area contributed by atoms with Crippen LogP contribution in [0.5, 0.6) is 0 Å². The minimum Gasteiger partial charge on any atom is -0.311 e. The van der Waals surface area contributed by atoms with Crippen molar-refractivity contribution in [1.29, 1.82) is 0 Å². The van der Waals surface area contributed by atoms with Gasteiger partial charge in [-0.05, 0) is 106 Å². The van der Waals surface area contributed by atoms with E-state index in [-0.39, 0.29) is 0 Å². The molecule has 7 heteroatoms. The third-order valence-electron chi connectivity index (χ3n) is 7.69. The molecule has 0 saturated carbocycles. The lowest BCUT2D eigenvalue weighted by atomic mass is 10.1. The van der Waals surface area contributed by atoms with Crippen LogP contribution in [0.25, 0.3) is 36.5 Å². The van der Waals surface area contributed by atoms with Gasteiger partial charge in [-0.3, -0.25) is 0 Å². The summed E-state index contributed by atoms with van der Waals surface area (Å²) < 4.78 is 80.9. The Bertz CT molecular complexity index is 1920. The quantitative estimate of drug-likeness (QED) is 0.110. The first-order chi connectivity index (χ1) is 23.7. The maximum atomic E-state index is 13.6. The van der Waals surface area contributed by atoms with E-state index in [2.05, 4.69) is 4.90 Å². The molecule has 0 atom stereocenters. The van der Waals surface area contributed by atoms with Gasteiger partial charge in [0.15, 0.2) is 34.9 Å². The van der Waals surface area contributed by atoms with Gasteiger partial charge in [0, 0.05) is 17.1 Å². The van der Waals surface area contributed by atoms with Crippen molar-refractivity contribution in [3.05, 3.63) is 196 Å². The molecule has 0 N–H and O–H groups in total. The summed E-state index contributed by atoms with van der Waals surface area (Å²) in [5.41, 5.74) is 6.68. The third-order valence-corrected chi connectivity index (χ3v) is 7.69. The maximum absolute atomic E-state index is 13.6. The van der Waals surface area contributed by atoms with Crippen molar-refractivity contribution in [2.24, 2.45) is 0 Å². The minimum atomic E-state index is -0.912. The molecule has 0 radical (unpaired) electrons. The molecule has 0 fully saturated rings. The van der Waals surface area contributed by atoms with Crippen LogP contribution in [0.2, 0.25) is 0 Å².